The number of hydrogen-bond donors (Lipinski definition) is 1. The SMILES string of the molecule is COc1ccc(C=Cc2nnc(NC(=O)CCc3ccccc3)s2)cc1. The molecule has 3 aromatic rings. The lowest BCUT2D eigenvalue weighted by molar-refractivity contribution is -0.116. The second-order valence-corrected chi connectivity index (χ2v) is 6.59. The van der Waals surface area contributed by atoms with Crippen molar-refractivity contribution >= 4 is 34.5 Å². The van der Waals surface area contributed by atoms with Gasteiger partial charge in [0.25, 0.3) is 0 Å². The lowest BCUT2D eigenvalue weighted by Gasteiger charge is -2.01. The first kappa shape index (κ1) is 17.8. The highest BCUT2D eigenvalue weighted by Crippen LogP contribution is 2.19. The zero-order valence-corrected chi connectivity index (χ0v) is 15.2. The zero-order chi connectivity index (χ0) is 18.2. The number of ether oxygens (including phenoxy) is 1. The molecule has 3 rings (SSSR count). The number of hydrogen-bond acceptors (Lipinski definition) is 5. The summed E-state index contributed by atoms with van der Waals surface area (Å²) in [5.74, 6) is 0.759. The molecule has 132 valence electrons. The molecule has 0 bridgehead atoms. The van der Waals surface area contributed by atoms with Crippen molar-refractivity contribution in [3.63, 3.8) is 0 Å². The Morgan fingerprint density at radius 3 is 2.58 bits per heavy atom. The van der Waals surface area contributed by atoms with Crippen molar-refractivity contribution in [3.8, 4) is 5.75 Å². The van der Waals surface area contributed by atoms with Crippen LogP contribution in [0, 0.1) is 0 Å². The van der Waals surface area contributed by atoms with E-state index < -0.39 is 0 Å². The minimum Gasteiger partial charge on any atom is -0.497 e. The van der Waals surface area contributed by atoms with Gasteiger partial charge in [-0.2, -0.15) is 0 Å². The molecule has 0 radical (unpaired) electrons. The molecule has 0 saturated heterocycles. The van der Waals surface area contributed by atoms with E-state index in [2.05, 4.69) is 15.5 Å². The third-order valence-corrected chi connectivity index (χ3v) is 4.51. The smallest absolute Gasteiger partial charge is 0.226 e. The third-order valence-electron chi connectivity index (χ3n) is 3.70. The average Bonchev–Trinajstić information content (AvgIpc) is 3.13. The normalized spacial score (nSPS) is 10.8. The summed E-state index contributed by atoms with van der Waals surface area (Å²) in [7, 11) is 1.64. The van der Waals surface area contributed by atoms with E-state index in [1.165, 1.54) is 11.3 Å². The van der Waals surface area contributed by atoms with Gasteiger partial charge < -0.3 is 10.1 Å². The topological polar surface area (TPSA) is 64.1 Å². The standard InChI is InChI=1S/C20H19N3O2S/c1-25-17-11-7-16(8-12-17)10-14-19-22-23-20(26-19)21-18(24)13-9-15-5-3-2-4-6-15/h2-8,10-12,14H,9,13H2,1H3,(H,21,23,24). The van der Waals surface area contributed by atoms with Crippen LogP contribution in [0.3, 0.4) is 0 Å². The van der Waals surface area contributed by atoms with Gasteiger partial charge >= 0.3 is 0 Å². The van der Waals surface area contributed by atoms with E-state index in [1.807, 2.05) is 66.7 Å². The van der Waals surface area contributed by atoms with E-state index in [9.17, 15) is 4.79 Å². The van der Waals surface area contributed by atoms with E-state index in [4.69, 9.17) is 4.74 Å². The van der Waals surface area contributed by atoms with Crippen LogP contribution in [-0.4, -0.2) is 23.2 Å². The summed E-state index contributed by atoms with van der Waals surface area (Å²) < 4.78 is 5.14. The number of methoxy groups -OCH3 is 1. The van der Waals surface area contributed by atoms with Gasteiger partial charge in [0, 0.05) is 6.42 Å². The predicted molar refractivity (Wildman–Crippen MR) is 105 cm³/mol. The number of amides is 1. The highest BCUT2D eigenvalue weighted by Gasteiger charge is 2.07. The number of aryl methyl sites for hydroxylation is 1. The maximum absolute atomic E-state index is 12.0. The Morgan fingerprint density at radius 2 is 1.85 bits per heavy atom. The predicted octanol–water partition coefficient (Wildman–Crippen LogP) is 4.29. The fraction of sp³-hybridized carbons (Fsp3) is 0.150. The van der Waals surface area contributed by atoms with Crippen molar-refractivity contribution in [1.29, 1.82) is 0 Å². The molecule has 0 fully saturated rings. The van der Waals surface area contributed by atoms with Crippen molar-refractivity contribution in [2.75, 3.05) is 12.4 Å². The second kappa shape index (κ2) is 8.92. The number of carbonyl (C=O) groups excluding carboxylic acids is 1. The highest BCUT2D eigenvalue weighted by atomic mass is 32.1. The fourth-order valence-corrected chi connectivity index (χ4v) is 2.98. The van der Waals surface area contributed by atoms with Crippen LogP contribution < -0.4 is 10.1 Å². The van der Waals surface area contributed by atoms with Crippen LogP contribution in [0.2, 0.25) is 0 Å². The lowest BCUT2D eigenvalue weighted by atomic mass is 10.1. The molecule has 26 heavy (non-hydrogen) atoms. The number of benzene rings is 2. The van der Waals surface area contributed by atoms with E-state index in [0.717, 1.165) is 21.9 Å². The molecule has 1 amide bonds. The molecule has 6 heteroatoms. The van der Waals surface area contributed by atoms with Gasteiger partial charge in [-0.05, 0) is 35.8 Å². The molecule has 1 N–H and O–H groups in total. The first-order chi connectivity index (χ1) is 12.7. The van der Waals surface area contributed by atoms with Crippen molar-refractivity contribution in [3.05, 3.63) is 70.7 Å². The molecule has 0 spiro atoms. The van der Waals surface area contributed by atoms with Crippen LogP contribution in [0.1, 0.15) is 22.6 Å². The maximum atomic E-state index is 12.0. The van der Waals surface area contributed by atoms with Gasteiger partial charge in [-0.1, -0.05) is 59.9 Å². The van der Waals surface area contributed by atoms with E-state index in [-0.39, 0.29) is 5.91 Å². The van der Waals surface area contributed by atoms with Crippen molar-refractivity contribution < 1.29 is 9.53 Å². The van der Waals surface area contributed by atoms with Crippen LogP contribution in [-0.2, 0) is 11.2 Å². The van der Waals surface area contributed by atoms with Crippen molar-refractivity contribution in [1.82, 2.24) is 10.2 Å². The molecular weight excluding hydrogens is 346 g/mol. The average molecular weight is 365 g/mol. The summed E-state index contributed by atoms with van der Waals surface area (Å²) in [5.41, 5.74) is 2.18. The number of nitrogens with one attached hydrogen (secondary N) is 1. The first-order valence-corrected chi connectivity index (χ1v) is 9.04. The lowest BCUT2D eigenvalue weighted by Crippen LogP contribution is -2.12. The molecule has 0 aliphatic heterocycles. The molecular formula is C20H19N3O2S. The van der Waals surface area contributed by atoms with Crippen LogP contribution >= 0.6 is 11.3 Å². The Bertz CT molecular complexity index is 874. The van der Waals surface area contributed by atoms with Gasteiger partial charge in [0.15, 0.2) is 0 Å². The molecule has 0 saturated carbocycles. The molecule has 1 aromatic heterocycles. The minimum atomic E-state index is -0.0595. The minimum absolute atomic E-state index is 0.0595. The molecule has 0 unspecified atom stereocenters. The van der Waals surface area contributed by atoms with Gasteiger partial charge in [-0.15, -0.1) is 10.2 Å². The summed E-state index contributed by atoms with van der Waals surface area (Å²) in [4.78, 5) is 12.0. The number of anilines is 1. The molecule has 0 aliphatic carbocycles. The van der Waals surface area contributed by atoms with Gasteiger partial charge in [0.1, 0.15) is 10.8 Å². The van der Waals surface area contributed by atoms with Crippen LogP contribution in [0.4, 0.5) is 5.13 Å². The number of carbonyl (C=O) groups is 1. The van der Waals surface area contributed by atoms with Crippen LogP contribution in [0.15, 0.2) is 54.6 Å². The quantitative estimate of drug-likeness (QED) is 0.678. The molecule has 5 nitrogen and oxygen atoms in total. The van der Waals surface area contributed by atoms with Gasteiger partial charge in [-0.25, -0.2) is 0 Å². The third kappa shape index (κ3) is 5.26. The van der Waals surface area contributed by atoms with E-state index in [1.54, 1.807) is 7.11 Å². The summed E-state index contributed by atoms with van der Waals surface area (Å²) >= 11 is 1.34. The summed E-state index contributed by atoms with van der Waals surface area (Å²) in [6.07, 6.45) is 4.94. The summed E-state index contributed by atoms with van der Waals surface area (Å²) in [5, 5.41) is 12.1. The highest BCUT2D eigenvalue weighted by molar-refractivity contribution is 7.16. The molecule has 0 atom stereocenters. The van der Waals surface area contributed by atoms with Gasteiger partial charge in [0.2, 0.25) is 11.0 Å². The number of nitrogens with zero attached hydrogens (tertiary/aromatic N) is 2. The zero-order valence-electron chi connectivity index (χ0n) is 14.4. The van der Waals surface area contributed by atoms with Crippen LogP contribution in [0.5, 0.6) is 5.75 Å². The molecule has 1 heterocycles. The van der Waals surface area contributed by atoms with Crippen molar-refractivity contribution in [2.24, 2.45) is 0 Å². The Morgan fingerprint density at radius 1 is 1.08 bits per heavy atom. The Labute approximate surface area is 156 Å². The van der Waals surface area contributed by atoms with Crippen molar-refractivity contribution in [2.45, 2.75) is 12.8 Å². The van der Waals surface area contributed by atoms with Gasteiger partial charge in [0.05, 0.1) is 7.11 Å². The maximum Gasteiger partial charge on any atom is 0.226 e. The summed E-state index contributed by atoms with van der Waals surface area (Å²) in [6, 6.07) is 17.7. The summed E-state index contributed by atoms with van der Waals surface area (Å²) in [6.45, 7) is 0. The number of aromatic nitrogens is 2. The monoisotopic (exact) mass is 365 g/mol. The Hall–Kier alpha value is -2.99. The van der Waals surface area contributed by atoms with E-state index in [0.29, 0.717) is 18.0 Å². The Balaban J connectivity index is 1.52. The van der Waals surface area contributed by atoms with Crippen LogP contribution in [0.25, 0.3) is 12.2 Å². The largest absolute Gasteiger partial charge is 0.497 e. The first-order valence-electron chi connectivity index (χ1n) is 8.22. The number of rotatable bonds is 7. The fourth-order valence-electron chi connectivity index (χ4n) is 2.32. The van der Waals surface area contributed by atoms with E-state index >= 15 is 0 Å². The molecule has 2 aromatic carbocycles. The molecule has 0 aliphatic rings. The van der Waals surface area contributed by atoms with Gasteiger partial charge in [-0.3, -0.25) is 4.79 Å². The second-order valence-electron chi connectivity index (χ2n) is 5.59. The Kier molecular flexibility index (Phi) is 6.11.